The fourth-order valence-electron chi connectivity index (χ4n) is 6.00. The smallest absolute Gasteiger partial charge is 0.353 e. The second-order valence-corrected chi connectivity index (χ2v) is 13.5. The molecular weight excluding hydrogens is 594 g/mol. The average molecular weight is 634 g/mol. The van der Waals surface area contributed by atoms with Crippen LogP contribution in [0.4, 0.5) is 0 Å². The van der Waals surface area contributed by atoms with Gasteiger partial charge in [-0.1, -0.05) is 43.1 Å². The number of fused-ring (bicyclic) bond motifs is 1. The molecule has 2 aromatic carbocycles. The largest absolute Gasteiger partial charge is 0.492 e. The van der Waals surface area contributed by atoms with Gasteiger partial charge in [0.1, 0.15) is 18.1 Å². The van der Waals surface area contributed by atoms with Crippen molar-refractivity contribution in [3.05, 3.63) is 76.0 Å². The van der Waals surface area contributed by atoms with Gasteiger partial charge < -0.3 is 25.6 Å². The van der Waals surface area contributed by atoms with Gasteiger partial charge in [0.15, 0.2) is 0 Å². The molecule has 2 aliphatic rings. The number of rotatable bonds is 16. The average Bonchev–Trinajstić information content (AvgIpc) is 2.94. The predicted octanol–water partition coefficient (Wildman–Crippen LogP) is 4.10. The van der Waals surface area contributed by atoms with Gasteiger partial charge in [0.25, 0.3) is 0 Å². The molecule has 4 rings (SSSR count). The highest BCUT2D eigenvalue weighted by molar-refractivity contribution is 7.89. The molecule has 10 nitrogen and oxygen atoms in total. The molecular formula is C31H40ClN3O7S. The highest BCUT2D eigenvalue weighted by atomic mass is 35.5. The number of sulfonamides is 1. The lowest BCUT2D eigenvalue weighted by atomic mass is 9.58. The summed E-state index contributed by atoms with van der Waals surface area (Å²) in [6, 6.07) is 13.9. The van der Waals surface area contributed by atoms with Crippen LogP contribution in [0.2, 0.25) is 5.02 Å². The van der Waals surface area contributed by atoms with Crippen molar-refractivity contribution in [2.75, 3.05) is 38.5 Å². The molecule has 0 aromatic heterocycles. The van der Waals surface area contributed by atoms with Gasteiger partial charge in [-0.2, -0.15) is 0 Å². The van der Waals surface area contributed by atoms with E-state index in [0.29, 0.717) is 27.7 Å². The standard InChI is InChI=1S/C31H40ClN3O7S/c1-2-14-33-15-4-19-43(40,41)35(27(30(38)39)21-28(36)37)17-18-42-25-10-5-22-11-16-34-29(26(22)20-25)31(12-3-13-31)23-6-8-24(32)9-7-23/h5-10,20-21,29,33-34H,2-4,11-19H2,1H3,(H,36,37)(H,38,39)/b27-21-. The van der Waals surface area contributed by atoms with Crippen LogP contribution in [-0.2, 0) is 31.4 Å². The Hall–Kier alpha value is -3.12. The molecule has 0 saturated heterocycles. The lowest BCUT2D eigenvalue weighted by Gasteiger charge is -2.50. The van der Waals surface area contributed by atoms with Crippen molar-refractivity contribution in [1.82, 2.24) is 14.9 Å². The summed E-state index contributed by atoms with van der Waals surface area (Å²) in [7, 11) is -4.14. The molecule has 234 valence electrons. The van der Waals surface area contributed by atoms with Gasteiger partial charge in [-0.05, 0) is 92.7 Å². The number of halogens is 1. The van der Waals surface area contributed by atoms with E-state index in [2.05, 4.69) is 22.8 Å². The number of carbonyl (C=O) groups is 2. The fraction of sp³-hybridized carbons (Fsp3) is 0.484. The molecule has 0 amide bonds. The number of hydrogen-bond acceptors (Lipinski definition) is 7. The van der Waals surface area contributed by atoms with Crippen LogP contribution < -0.4 is 15.4 Å². The molecule has 0 radical (unpaired) electrons. The van der Waals surface area contributed by atoms with Gasteiger partial charge in [0.05, 0.1) is 18.4 Å². The van der Waals surface area contributed by atoms with E-state index in [9.17, 15) is 28.2 Å². The Balaban J connectivity index is 1.53. The van der Waals surface area contributed by atoms with E-state index in [0.717, 1.165) is 50.8 Å². The Morgan fingerprint density at radius 1 is 1.16 bits per heavy atom. The topological polar surface area (TPSA) is 145 Å². The summed E-state index contributed by atoms with van der Waals surface area (Å²) in [5, 5.41) is 26.4. The van der Waals surface area contributed by atoms with E-state index in [1.54, 1.807) is 0 Å². The number of carboxylic acids is 2. The van der Waals surface area contributed by atoms with E-state index in [-0.39, 0.29) is 36.8 Å². The van der Waals surface area contributed by atoms with Gasteiger partial charge in [0.2, 0.25) is 10.0 Å². The maximum atomic E-state index is 13.2. The second-order valence-electron chi connectivity index (χ2n) is 11.0. The van der Waals surface area contributed by atoms with Gasteiger partial charge >= 0.3 is 11.9 Å². The number of nitrogens with zero attached hydrogens (tertiary/aromatic N) is 1. The van der Waals surface area contributed by atoms with Crippen LogP contribution in [0.5, 0.6) is 5.75 Å². The fourth-order valence-corrected chi connectivity index (χ4v) is 7.64. The van der Waals surface area contributed by atoms with E-state index in [1.165, 1.54) is 11.1 Å². The Morgan fingerprint density at radius 2 is 1.91 bits per heavy atom. The van der Waals surface area contributed by atoms with E-state index in [4.69, 9.17) is 16.3 Å². The summed E-state index contributed by atoms with van der Waals surface area (Å²) < 4.78 is 33.0. The number of aliphatic carboxylic acids is 2. The molecule has 4 N–H and O–H groups in total. The highest BCUT2D eigenvalue weighted by Crippen LogP contribution is 2.53. The minimum Gasteiger partial charge on any atom is -0.492 e. The number of hydrogen-bond donors (Lipinski definition) is 4. The van der Waals surface area contributed by atoms with Crippen molar-refractivity contribution in [2.45, 2.75) is 56.9 Å². The molecule has 1 aliphatic heterocycles. The van der Waals surface area contributed by atoms with Crippen LogP contribution in [0.3, 0.4) is 0 Å². The zero-order chi connectivity index (χ0) is 31.0. The maximum Gasteiger partial charge on any atom is 0.353 e. The Morgan fingerprint density at radius 3 is 2.53 bits per heavy atom. The van der Waals surface area contributed by atoms with Crippen LogP contribution in [0, 0.1) is 0 Å². The summed E-state index contributed by atoms with van der Waals surface area (Å²) in [6.45, 7) is 3.48. The summed E-state index contributed by atoms with van der Waals surface area (Å²) in [5.74, 6) is -3.02. The van der Waals surface area contributed by atoms with Gasteiger partial charge in [-0.15, -0.1) is 0 Å². The Bertz CT molecular complexity index is 1430. The van der Waals surface area contributed by atoms with Crippen LogP contribution in [-0.4, -0.2) is 73.4 Å². The number of ether oxygens (including phenoxy) is 1. The van der Waals surface area contributed by atoms with Crippen LogP contribution in [0.1, 0.15) is 61.8 Å². The highest BCUT2D eigenvalue weighted by Gasteiger charge is 2.47. The zero-order valence-electron chi connectivity index (χ0n) is 24.4. The maximum absolute atomic E-state index is 13.2. The third-order valence-corrected chi connectivity index (χ3v) is 10.3. The molecule has 1 saturated carbocycles. The normalized spacial score (nSPS) is 17.9. The first-order valence-electron chi connectivity index (χ1n) is 14.7. The number of nitrogens with one attached hydrogen (secondary N) is 2. The van der Waals surface area contributed by atoms with Crippen molar-refractivity contribution < 1.29 is 33.0 Å². The van der Waals surface area contributed by atoms with Crippen LogP contribution in [0.15, 0.2) is 54.2 Å². The third-order valence-electron chi connectivity index (χ3n) is 8.22. The van der Waals surface area contributed by atoms with Gasteiger partial charge in [0, 0.05) is 16.5 Å². The Labute approximate surface area is 258 Å². The first-order valence-corrected chi connectivity index (χ1v) is 16.7. The molecule has 43 heavy (non-hydrogen) atoms. The molecule has 0 bridgehead atoms. The monoisotopic (exact) mass is 633 g/mol. The number of carboxylic acid groups (broad SMARTS) is 2. The van der Waals surface area contributed by atoms with Crippen molar-refractivity contribution >= 4 is 33.6 Å². The first-order chi connectivity index (χ1) is 20.6. The minimum absolute atomic E-state index is 0.0602. The minimum atomic E-state index is -4.14. The number of benzene rings is 2. The van der Waals surface area contributed by atoms with E-state index in [1.807, 2.05) is 37.3 Å². The van der Waals surface area contributed by atoms with Crippen molar-refractivity contribution in [3.8, 4) is 5.75 Å². The molecule has 1 heterocycles. The second kappa shape index (κ2) is 14.6. The zero-order valence-corrected chi connectivity index (χ0v) is 25.9. The summed E-state index contributed by atoms with van der Waals surface area (Å²) in [6.07, 6.45) is 5.59. The van der Waals surface area contributed by atoms with Gasteiger partial charge in [-0.25, -0.2) is 18.0 Å². The Kier molecular flexibility index (Phi) is 11.1. The quantitative estimate of drug-likeness (QED) is 0.159. The van der Waals surface area contributed by atoms with Crippen molar-refractivity contribution in [3.63, 3.8) is 0 Å². The van der Waals surface area contributed by atoms with Crippen molar-refractivity contribution in [2.24, 2.45) is 0 Å². The van der Waals surface area contributed by atoms with Crippen molar-refractivity contribution in [1.29, 1.82) is 0 Å². The lowest BCUT2D eigenvalue weighted by Crippen LogP contribution is -2.49. The summed E-state index contributed by atoms with van der Waals surface area (Å²) >= 11 is 6.17. The molecule has 12 heteroatoms. The SMILES string of the molecule is CCCNCCCS(=O)(=O)N(CCOc1ccc2c(c1)C(C1(c3ccc(Cl)cc3)CCC1)NCC2)/C(=C\C(=O)O)C(=O)O. The molecule has 2 aromatic rings. The van der Waals surface area contributed by atoms with E-state index < -0.39 is 27.7 Å². The molecule has 1 aliphatic carbocycles. The first kappa shape index (κ1) is 32.8. The summed E-state index contributed by atoms with van der Waals surface area (Å²) in [4.78, 5) is 23.3. The lowest BCUT2D eigenvalue weighted by molar-refractivity contribution is -0.136. The van der Waals surface area contributed by atoms with Crippen LogP contribution >= 0.6 is 11.6 Å². The third kappa shape index (κ3) is 7.89. The van der Waals surface area contributed by atoms with Gasteiger partial charge in [-0.3, -0.25) is 4.31 Å². The van der Waals surface area contributed by atoms with E-state index >= 15 is 0 Å². The molecule has 1 unspecified atom stereocenters. The van der Waals surface area contributed by atoms with Crippen LogP contribution in [0.25, 0.3) is 0 Å². The molecule has 1 fully saturated rings. The molecule has 0 spiro atoms. The predicted molar refractivity (Wildman–Crippen MR) is 165 cm³/mol. The summed E-state index contributed by atoms with van der Waals surface area (Å²) in [5.41, 5.74) is 2.67. The molecule has 1 atom stereocenters.